The molecule has 1 amide bonds. The van der Waals surface area contributed by atoms with Crippen LogP contribution in [0.1, 0.15) is 24.1 Å². The molecule has 3 heterocycles. The van der Waals surface area contributed by atoms with Crippen molar-refractivity contribution in [2.24, 2.45) is 0 Å². The molecule has 0 radical (unpaired) electrons. The number of aromatic nitrogens is 4. The second-order valence-electron chi connectivity index (χ2n) is 7.63. The van der Waals surface area contributed by atoms with Crippen LogP contribution in [0.3, 0.4) is 0 Å². The van der Waals surface area contributed by atoms with Crippen molar-refractivity contribution in [3.63, 3.8) is 0 Å². The highest BCUT2D eigenvalue weighted by molar-refractivity contribution is 5.92. The van der Waals surface area contributed by atoms with Gasteiger partial charge >= 0.3 is 0 Å². The van der Waals surface area contributed by atoms with Crippen LogP contribution < -0.4 is 14.8 Å². The van der Waals surface area contributed by atoms with Crippen molar-refractivity contribution in [3.8, 4) is 17.3 Å². The fraction of sp³-hybridized carbons (Fsp3) is 0.292. The van der Waals surface area contributed by atoms with Crippen molar-refractivity contribution in [1.82, 2.24) is 19.3 Å². The summed E-state index contributed by atoms with van der Waals surface area (Å²) in [6.45, 7) is 4.64. The molecule has 0 aliphatic carbocycles. The molecular weight excluding hydrogens is 406 g/mol. The van der Waals surface area contributed by atoms with Gasteiger partial charge in [0.25, 0.3) is 0 Å². The molecular formula is C24H27N5O3. The standard InChI is InChI=1S/C24H27N5O3/c1-16-14-17(2)25-23-22(16)24(28-11-5-6-12-28)27-29(23)13-7-8-21(30)26-19-10-9-18(31-3)15-20(19)32-4/h5-6,9-12,14-15H,7-8,13H2,1-4H3,(H,26,30). The van der Waals surface area contributed by atoms with E-state index in [0.29, 0.717) is 36.6 Å². The molecule has 0 bridgehead atoms. The summed E-state index contributed by atoms with van der Waals surface area (Å²) in [7, 11) is 3.15. The van der Waals surface area contributed by atoms with E-state index in [0.717, 1.165) is 28.1 Å². The van der Waals surface area contributed by atoms with Crippen LogP contribution in [0.25, 0.3) is 16.9 Å². The summed E-state index contributed by atoms with van der Waals surface area (Å²) in [6.07, 6.45) is 4.92. The average molecular weight is 434 g/mol. The molecule has 1 aromatic carbocycles. The van der Waals surface area contributed by atoms with Gasteiger partial charge in [0.2, 0.25) is 5.91 Å². The molecule has 166 valence electrons. The number of nitrogens with zero attached hydrogens (tertiary/aromatic N) is 4. The summed E-state index contributed by atoms with van der Waals surface area (Å²) < 4.78 is 14.4. The third-order valence-electron chi connectivity index (χ3n) is 5.31. The number of fused-ring (bicyclic) bond motifs is 1. The van der Waals surface area contributed by atoms with E-state index in [1.165, 1.54) is 0 Å². The van der Waals surface area contributed by atoms with Gasteiger partial charge in [0.1, 0.15) is 11.5 Å². The Bertz CT molecular complexity index is 1240. The Hall–Kier alpha value is -3.81. The van der Waals surface area contributed by atoms with E-state index in [2.05, 4.69) is 18.3 Å². The fourth-order valence-electron chi connectivity index (χ4n) is 3.81. The maximum atomic E-state index is 12.5. The third kappa shape index (κ3) is 4.30. The molecule has 32 heavy (non-hydrogen) atoms. The lowest BCUT2D eigenvalue weighted by Crippen LogP contribution is -2.13. The van der Waals surface area contributed by atoms with E-state index >= 15 is 0 Å². The minimum absolute atomic E-state index is 0.0871. The Labute approximate surface area is 186 Å². The first kappa shape index (κ1) is 21.4. The molecule has 0 saturated carbocycles. The van der Waals surface area contributed by atoms with E-state index < -0.39 is 0 Å². The molecule has 0 fully saturated rings. The zero-order valence-corrected chi connectivity index (χ0v) is 18.8. The summed E-state index contributed by atoms with van der Waals surface area (Å²) in [4.78, 5) is 17.3. The predicted octanol–water partition coefficient (Wildman–Crippen LogP) is 4.27. The second kappa shape index (κ2) is 9.13. The number of methoxy groups -OCH3 is 2. The SMILES string of the molecule is COc1ccc(NC(=O)CCCn2nc(-n3cccc3)c3c(C)cc(C)nc32)c(OC)c1. The van der Waals surface area contributed by atoms with Gasteiger partial charge in [-0.15, -0.1) is 0 Å². The van der Waals surface area contributed by atoms with Crippen molar-refractivity contribution in [1.29, 1.82) is 0 Å². The van der Waals surface area contributed by atoms with Crippen molar-refractivity contribution >= 4 is 22.6 Å². The minimum Gasteiger partial charge on any atom is -0.497 e. The van der Waals surface area contributed by atoms with Gasteiger partial charge in [-0.3, -0.25) is 4.79 Å². The maximum Gasteiger partial charge on any atom is 0.224 e. The normalized spacial score (nSPS) is 11.0. The zero-order chi connectivity index (χ0) is 22.7. The predicted molar refractivity (Wildman–Crippen MR) is 124 cm³/mol. The maximum absolute atomic E-state index is 12.5. The molecule has 0 unspecified atom stereocenters. The van der Waals surface area contributed by atoms with Gasteiger partial charge in [0.15, 0.2) is 11.5 Å². The van der Waals surface area contributed by atoms with Crippen molar-refractivity contribution in [2.75, 3.05) is 19.5 Å². The third-order valence-corrected chi connectivity index (χ3v) is 5.31. The van der Waals surface area contributed by atoms with Crippen molar-refractivity contribution in [3.05, 3.63) is 60.0 Å². The Morgan fingerprint density at radius 1 is 1.09 bits per heavy atom. The number of rotatable bonds is 8. The average Bonchev–Trinajstić information content (AvgIpc) is 3.42. The van der Waals surface area contributed by atoms with Gasteiger partial charge in [-0.1, -0.05) is 0 Å². The van der Waals surface area contributed by atoms with Crippen LogP contribution in [0.15, 0.2) is 48.8 Å². The number of hydrogen-bond acceptors (Lipinski definition) is 5. The van der Waals surface area contributed by atoms with Gasteiger partial charge in [-0.05, 0) is 56.2 Å². The van der Waals surface area contributed by atoms with E-state index in [1.807, 2.05) is 40.7 Å². The first-order chi connectivity index (χ1) is 15.5. The number of carbonyl (C=O) groups excluding carboxylic acids is 1. The highest BCUT2D eigenvalue weighted by Crippen LogP contribution is 2.29. The molecule has 1 N–H and O–H groups in total. The number of amides is 1. The number of anilines is 1. The lowest BCUT2D eigenvalue weighted by Gasteiger charge is -2.11. The molecule has 8 heteroatoms. The molecule has 0 aliphatic rings. The van der Waals surface area contributed by atoms with Crippen molar-refractivity contribution in [2.45, 2.75) is 33.2 Å². The molecule has 0 aliphatic heterocycles. The van der Waals surface area contributed by atoms with E-state index in [9.17, 15) is 4.79 Å². The Morgan fingerprint density at radius 2 is 1.88 bits per heavy atom. The van der Waals surface area contributed by atoms with E-state index in [-0.39, 0.29) is 5.91 Å². The van der Waals surface area contributed by atoms with Gasteiger partial charge in [-0.2, -0.15) is 5.10 Å². The van der Waals surface area contributed by atoms with Crippen LogP contribution in [0.2, 0.25) is 0 Å². The number of nitrogens with one attached hydrogen (secondary N) is 1. The zero-order valence-electron chi connectivity index (χ0n) is 18.8. The Kier molecular flexibility index (Phi) is 6.11. The number of hydrogen-bond donors (Lipinski definition) is 1. The highest BCUT2D eigenvalue weighted by Gasteiger charge is 2.16. The lowest BCUT2D eigenvalue weighted by atomic mass is 10.2. The number of aryl methyl sites for hydroxylation is 3. The topological polar surface area (TPSA) is 83.2 Å². The summed E-state index contributed by atoms with van der Waals surface area (Å²) in [5, 5.41) is 8.75. The highest BCUT2D eigenvalue weighted by atomic mass is 16.5. The van der Waals surface area contributed by atoms with Crippen LogP contribution in [-0.2, 0) is 11.3 Å². The molecule has 4 rings (SSSR count). The summed E-state index contributed by atoms with van der Waals surface area (Å²) >= 11 is 0. The Balaban J connectivity index is 1.49. The molecule has 0 atom stereocenters. The monoisotopic (exact) mass is 433 g/mol. The largest absolute Gasteiger partial charge is 0.497 e. The van der Waals surface area contributed by atoms with Crippen LogP contribution in [0, 0.1) is 13.8 Å². The summed E-state index contributed by atoms with van der Waals surface area (Å²) in [6, 6.07) is 11.3. The van der Waals surface area contributed by atoms with Crippen LogP contribution in [0.4, 0.5) is 5.69 Å². The smallest absolute Gasteiger partial charge is 0.224 e. The van der Waals surface area contributed by atoms with Gasteiger partial charge in [-0.25, -0.2) is 9.67 Å². The van der Waals surface area contributed by atoms with Gasteiger partial charge < -0.3 is 19.4 Å². The van der Waals surface area contributed by atoms with Gasteiger partial charge in [0.05, 0.1) is 25.3 Å². The molecule has 8 nitrogen and oxygen atoms in total. The number of carbonyl (C=O) groups is 1. The first-order valence-electron chi connectivity index (χ1n) is 10.5. The quantitative estimate of drug-likeness (QED) is 0.449. The molecule has 0 saturated heterocycles. The van der Waals surface area contributed by atoms with E-state index in [4.69, 9.17) is 19.6 Å². The number of ether oxygens (including phenoxy) is 2. The van der Waals surface area contributed by atoms with E-state index in [1.54, 1.807) is 32.4 Å². The summed E-state index contributed by atoms with van der Waals surface area (Å²) in [5.74, 6) is 1.99. The Morgan fingerprint density at radius 3 is 2.59 bits per heavy atom. The summed E-state index contributed by atoms with van der Waals surface area (Å²) in [5.41, 5.74) is 3.53. The van der Waals surface area contributed by atoms with Gasteiger partial charge in [0, 0.05) is 37.1 Å². The lowest BCUT2D eigenvalue weighted by molar-refractivity contribution is -0.116. The van der Waals surface area contributed by atoms with Crippen LogP contribution in [-0.4, -0.2) is 39.5 Å². The van der Waals surface area contributed by atoms with Crippen molar-refractivity contribution < 1.29 is 14.3 Å². The second-order valence-corrected chi connectivity index (χ2v) is 7.63. The molecule has 3 aromatic heterocycles. The molecule has 4 aromatic rings. The fourth-order valence-corrected chi connectivity index (χ4v) is 3.81. The number of pyridine rings is 1. The minimum atomic E-state index is -0.0871. The molecule has 0 spiro atoms. The number of benzene rings is 1. The first-order valence-corrected chi connectivity index (χ1v) is 10.5. The van der Waals surface area contributed by atoms with Crippen LogP contribution in [0.5, 0.6) is 11.5 Å². The van der Waals surface area contributed by atoms with Crippen LogP contribution >= 0.6 is 0 Å².